The number of amides is 1. The number of carbonyl (C=O) groups is 1. The van der Waals surface area contributed by atoms with E-state index in [-0.39, 0.29) is 5.91 Å². The highest BCUT2D eigenvalue weighted by Crippen LogP contribution is 2.06. The molecule has 0 aliphatic heterocycles. The number of nitrogens with one attached hydrogen (secondary N) is 1. The van der Waals surface area contributed by atoms with Gasteiger partial charge in [-0.25, -0.2) is 0 Å². The van der Waals surface area contributed by atoms with Crippen molar-refractivity contribution in [1.29, 1.82) is 0 Å². The maximum atomic E-state index is 11.3. The van der Waals surface area contributed by atoms with E-state index in [1.807, 2.05) is 19.1 Å². The molecule has 4 heteroatoms. The van der Waals surface area contributed by atoms with Gasteiger partial charge >= 0.3 is 0 Å². The summed E-state index contributed by atoms with van der Waals surface area (Å²) in [5.41, 5.74) is 1.69. The van der Waals surface area contributed by atoms with Crippen LogP contribution in [0.3, 0.4) is 0 Å². The number of carbonyl (C=O) groups excluding carboxylic acids is 1. The fraction of sp³-hybridized carbons (Fsp3) is 0.400. The van der Waals surface area contributed by atoms with Crippen LogP contribution in [0.2, 0.25) is 0 Å². The molecule has 3 nitrogen and oxygen atoms in total. The first-order valence-corrected chi connectivity index (χ1v) is 5.19. The molecule has 1 aromatic rings. The van der Waals surface area contributed by atoms with Gasteiger partial charge in [-0.1, -0.05) is 0 Å². The number of thiol groups is 1. The Balaban J connectivity index is 2.44. The Kier molecular flexibility index (Phi) is 4.46. The summed E-state index contributed by atoms with van der Waals surface area (Å²) in [6.07, 6.45) is 2.97. The van der Waals surface area contributed by atoms with Crippen molar-refractivity contribution in [3.63, 3.8) is 0 Å². The fourth-order valence-electron chi connectivity index (χ4n) is 1.00. The molecule has 0 fully saturated rings. The van der Waals surface area contributed by atoms with Gasteiger partial charge in [0.05, 0.1) is 11.9 Å². The monoisotopic (exact) mass is 210 g/mol. The van der Waals surface area contributed by atoms with Crippen LogP contribution in [0.1, 0.15) is 18.5 Å². The van der Waals surface area contributed by atoms with Gasteiger partial charge in [0.15, 0.2) is 0 Å². The molecule has 0 atom stereocenters. The van der Waals surface area contributed by atoms with Crippen LogP contribution in [0.15, 0.2) is 18.3 Å². The Morgan fingerprint density at radius 3 is 2.93 bits per heavy atom. The molecule has 0 saturated carbocycles. The van der Waals surface area contributed by atoms with Gasteiger partial charge in [-0.3, -0.25) is 9.78 Å². The van der Waals surface area contributed by atoms with Crippen LogP contribution >= 0.6 is 12.6 Å². The van der Waals surface area contributed by atoms with E-state index < -0.39 is 0 Å². The van der Waals surface area contributed by atoms with Gasteiger partial charge in [-0.05, 0) is 31.2 Å². The van der Waals surface area contributed by atoms with E-state index in [2.05, 4.69) is 22.9 Å². The van der Waals surface area contributed by atoms with Crippen molar-refractivity contribution >= 4 is 24.2 Å². The molecular formula is C10H14N2OS. The molecule has 0 spiro atoms. The topological polar surface area (TPSA) is 42.0 Å². The SMILES string of the molecule is Cc1ccc(NC(=O)CCCS)cn1. The molecule has 0 saturated heterocycles. The van der Waals surface area contributed by atoms with Gasteiger partial charge in [0.1, 0.15) is 0 Å². The second-order valence-corrected chi connectivity index (χ2v) is 3.51. The van der Waals surface area contributed by atoms with Crippen molar-refractivity contribution in [1.82, 2.24) is 4.98 Å². The Bertz CT molecular complexity index is 297. The highest BCUT2D eigenvalue weighted by atomic mass is 32.1. The molecule has 1 rings (SSSR count). The minimum absolute atomic E-state index is 0.0182. The summed E-state index contributed by atoms with van der Waals surface area (Å²) in [5, 5.41) is 2.77. The lowest BCUT2D eigenvalue weighted by Crippen LogP contribution is -2.11. The number of rotatable bonds is 4. The highest BCUT2D eigenvalue weighted by molar-refractivity contribution is 7.80. The van der Waals surface area contributed by atoms with Crippen molar-refractivity contribution in [3.8, 4) is 0 Å². The van der Waals surface area contributed by atoms with Gasteiger partial charge in [0, 0.05) is 12.1 Å². The zero-order valence-corrected chi connectivity index (χ0v) is 9.05. The van der Waals surface area contributed by atoms with E-state index >= 15 is 0 Å². The first-order chi connectivity index (χ1) is 6.72. The second kappa shape index (κ2) is 5.65. The molecular weight excluding hydrogens is 196 g/mol. The van der Waals surface area contributed by atoms with E-state index in [9.17, 15) is 4.79 Å². The molecule has 1 amide bonds. The van der Waals surface area contributed by atoms with Crippen LogP contribution in [0.5, 0.6) is 0 Å². The van der Waals surface area contributed by atoms with Gasteiger partial charge in [0.25, 0.3) is 0 Å². The maximum absolute atomic E-state index is 11.3. The Morgan fingerprint density at radius 2 is 2.36 bits per heavy atom. The lowest BCUT2D eigenvalue weighted by Gasteiger charge is -2.03. The van der Waals surface area contributed by atoms with Crippen molar-refractivity contribution < 1.29 is 4.79 Å². The molecule has 1 N–H and O–H groups in total. The van der Waals surface area contributed by atoms with Gasteiger partial charge in [0.2, 0.25) is 5.91 Å². The molecule has 76 valence electrons. The summed E-state index contributed by atoms with van der Waals surface area (Å²) in [6.45, 7) is 1.91. The molecule has 1 heterocycles. The molecule has 0 aliphatic rings. The van der Waals surface area contributed by atoms with E-state index in [0.29, 0.717) is 6.42 Å². The predicted molar refractivity (Wildman–Crippen MR) is 60.7 cm³/mol. The highest BCUT2D eigenvalue weighted by Gasteiger charge is 2.00. The van der Waals surface area contributed by atoms with Gasteiger partial charge in [-0.2, -0.15) is 12.6 Å². The molecule has 1 aromatic heterocycles. The molecule has 0 unspecified atom stereocenters. The van der Waals surface area contributed by atoms with Gasteiger partial charge < -0.3 is 5.32 Å². The van der Waals surface area contributed by atoms with Crippen LogP contribution in [0.25, 0.3) is 0 Å². The van der Waals surface area contributed by atoms with E-state index in [1.54, 1.807) is 6.20 Å². The van der Waals surface area contributed by atoms with Crippen LogP contribution < -0.4 is 5.32 Å². The summed E-state index contributed by atoms with van der Waals surface area (Å²) < 4.78 is 0. The average Bonchev–Trinajstić information content (AvgIpc) is 2.18. The molecule has 0 radical (unpaired) electrons. The number of aromatic nitrogens is 1. The summed E-state index contributed by atoms with van der Waals surface area (Å²) in [6, 6.07) is 3.72. The third-order valence-corrected chi connectivity index (χ3v) is 2.07. The lowest BCUT2D eigenvalue weighted by molar-refractivity contribution is -0.116. The number of hydrogen-bond acceptors (Lipinski definition) is 3. The fourth-order valence-corrected chi connectivity index (χ4v) is 1.16. The number of pyridine rings is 1. The molecule has 14 heavy (non-hydrogen) atoms. The number of anilines is 1. The normalized spacial score (nSPS) is 9.86. The van der Waals surface area contributed by atoms with Crippen LogP contribution in [-0.4, -0.2) is 16.6 Å². The van der Waals surface area contributed by atoms with E-state index in [0.717, 1.165) is 23.6 Å². The summed E-state index contributed by atoms with van der Waals surface area (Å²) in [7, 11) is 0. The average molecular weight is 210 g/mol. The molecule has 0 aromatic carbocycles. The Hall–Kier alpha value is -1.03. The Labute approximate surface area is 89.3 Å². The number of nitrogens with zero attached hydrogens (tertiary/aromatic N) is 1. The van der Waals surface area contributed by atoms with E-state index in [4.69, 9.17) is 0 Å². The number of hydrogen-bond donors (Lipinski definition) is 2. The van der Waals surface area contributed by atoms with Gasteiger partial charge in [-0.15, -0.1) is 0 Å². The third kappa shape index (κ3) is 3.79. The second-order valence-electron chi connectivity index (χ2n) is 3.06. The summed E-state index contributed by atoms with van der Waals surface area (Å²) >= 11 is 4.04. The predicted octanol–water partition coefficient (Wildman–Crippen LogP) is 2.04. The first-order valence-electron chi connectivity index (χ1n) is 4.56. The van der Waals surface area contributed by atoms with E-state index in [1.165, 1.54) is 0 Å². The summed E-state index contributed by atoms with van der Waals surface area (Å²) in [4.78, 5) is 15.4. The third-order valence-electron chi connectivity index (χ3n) is 1.76. The summed E-state index contributed by atoms with van der Waals surface area (Å²) in [5.74, 6) is 0.754. The molecule has 0 aliphatic carbocycles. The standard InChI is InChI=1S/C10H14N2OS/c1-8-4-5-9(7-11-8)12-10(13)3-2-6-14/h4-5,7,14H,2-3,6H2,1H3,(H,12,13). The number of aryl methyl sites for hydroxylation is 1. The maximum Gasteiger partial charge on any atom is 0.224 e. The van der Waals surface area contributed by atoms with Crippen molar-refractivity contribution in [3.05, 3.63) is 24.0 Å². The largest absolute Gasteiger partial charge is 0.325 e. The van der Waals surface area contributed by atoms with Crippen molar-refractivity contribution in [2.75, 3.05) is 11.1 Å². The smallest absolute Gasteiger partial charge is 0.224 e. The minimum atomic E-state index is 0.0182. The van der Waals surface area contributed by atoms with Crippen molar-refractivity contribution in [2.24, 2.45) is 0 Å². The first kappa shape index (κ1) is 11.0. The van der Waals surface area contributed by atoms with Crippen molar-refractivity contribution in [2.45, 2.75) is 19.8 Å². The zero-order chi connectivity index (χ0) is 10.4. The molecule has 0 bridgehead atoms. The lowest BCUT2D eigenvalue weighted by atomic mass is 10.3. The van der Waals surface area contributed by atoms with Crippen LogP contribution in [0.4, 0.5) is 5.69 Å². The quantitative estimate of drug-likeness (QED) is 0.747. The van der Waals surface area contributed by atoms with Crippen LogP contribution in [-0.2, 0) is 4.79 Å². The minimum Gasteiger partial charge on any atom is -0.325 e. The Morgan fingerprint density at radius 1 is 1.57 bits per heavy atom. The zero-order valence-electron chi connectivity index (χ0n) is 8.16. The van der Waals surface area contributed by atoms with Crippen LogP contribution in [0, 0.1) is 6.92 Å².